The lowest BCUT2D eigenvalue weighted by molar-refractivity contribution is 0.0563. The summed E-state index contributed by atoms with van der Waals surface area (Å²) in [5.74, 6) is 0. The highest BCUT2D eigenvalue weighted by molar-refractivity contribution is 4.75. The van der Waals surface area contributed by atoms with Gasteiger partial charge in [-0.3, -0.25) is 0 Å². The molecule has 0 aromatic heterocycles. The molecular formula is C14H28N2O2. The van der Waals surface area contributed by atoms with Crippen molar-refractivity contribution in [3.63, 3.8) is 0 Å². The largest absolute Gasteiger partial charge is 0.379 e. The van der Waals surface area contributed by atoms with E-state index in [-0.39, 0.29) is 0 Å². The normalized spacial score (nSPS) is 27.5. The molecule has 106 valence electrons. The molecule has 2 rings (SSSR count). The molecule has 0 aromatic carbocycles. The van der Waals surface area contributed by atoms with Gasteiger partial charge in [-0.1, -0.05) is 12.8 Å². The van der Waals surface area contributed by atoms with Gasteiger partial charge in [0.1, 0.15) is 0 Å². The molecule has 0 spiro atoms. The molecule has 2 aliphatic rings. The van der Waals surface area contributed by atoms with Crippen LogP contribution in [0.5, 0.6) is 0 Å². The number of rotatable bonds is 7. The third-order valence-electron chi connectivity index (χ3n) is 3.89. The summed E-state index contributed by atoms with van der Waals surface area (Å²) in [6, 6.07) is 1.04. The maximum Gasteiger partial charge on any atom is 0.0620 e. The second-order valence-corrected chi connectivity index (χ2v) is 5.59. The van der Waals surface area contributed by atoms with Gasteiger partial charge in [0.25, 0.3) is 0 Å². The quantitative estimate of drug-likeness (QED) is 0.674. The number of ether oxygens (including phenoxy) is 2. The molecule has 2 N–H and O–H groups in total. The van der Waals surface area contributed by atoms with E-state index >= 15 is 0 Å². The fraction of sp³-hybridized carbons (Fsp3) is 1.00. The first-order valence-electron chi connectivity index (χ1n) is 7.50. The maximum atomic E-state index is 5.84. The van der Waals surface area contributed by atoms with E-state index in [0.717, 1.165) is 39.3 Å². The monoisotopic (exact) mass is 256 g/mol. The summed E-state index contributed by atoms with van der Waals surface area (Å²) >= 11 is 0. The van der Waals surface area contributed by atoms with Crippen LogP contribution >= 0.6 is 0 Å². The zero-order valence-corrected chi connectivity index (χ0v) is 11.6. The van der Waals surface area contributed by atoms with Crippen LogP contribution in [0, 0.1) is 0 Å². The molecule has 1 heterocycles. The standard InChI is InChI=1S/C14H28N2O2/c1-12(10-13-11-17-8-6-16-13)15-7-9-18-14-4-2-3-5-14/h12-16H,2-11H2,1H3. The van der Waals surface area contributed by atoms with Crippen molar-refractivity contribution in [2.45, 2.75) is 57.2 Å². The van der Waals surface area contributed by atoms with E-state index < -0.39 is 0 Å². The van der Waals surface area contributed by atoms with E-state index in [9.17, 15) is 0 Å². The van der Waals surface area contributed by atoms with Crippen molar-refractivity contribution in [1.82, 2.24) is 10.6 Å². The topological polar surface area (TPSA) is 42.5 Å². The number of hydrogen-bond donors (Lipinski definition) is 2. The Morgan fingerprint density at radius 1 is 1.39 bits per heavy atom. The smallest absolute Gasteiger partial charge is 0.0620 e. The summed E-state index contributed by atoms with van der Waals surface area (Å²) in [4.78, 5) is 0. The molecule has 18 heavy (non-hydrogen) atoms. The van der Waals surface area contributed by atoms with Crippen molar-refractivity contribution < 1.29 is 9.47 Å². The van der Waals surface area contributed by atoms with Crippen LogP contribution in [0.2, 0.25) is 0 Å². The lowest BCUT2D eigenvalue weighted by Gasteiger charge is -2.26. The second-order valence-electron chi connectivity index (χ2n) is 5.59. The highest BCUT2D eigenvalue weighted by Gasteiger charge is 2.17. The fourth-order valence-corrected chi connectivity index (χ4v) is 2.87. The first-order chi connectivity index (χ1) is 8.84. The summed E-state index contributed by atoms with van der Waals surface area (Å²) < 4.78 is 11.3. The molecule has 1 saturated carbocycles. The van der Waals surface area contributed by atoms with Crippen molar-refractivity contribution in [1.29, 1.82) is 0 Å². The van der Waals surface area contributed by atoms with Gasteiger partial charge >= 0.3 is 0 Å². The highest BCUT2D eigenvalue weighted by Crippen LogP contribution is 2.20. The lowest BCUT2D eigenvalue weighted by atomic mass is 10.1. The van der Waals surface area contributed by atoms with Crippen LogP contribution in [0.25, 0.3) is 0 Å². The number of hydrogen-bond acceptors (Lipinski definition) is 4. The molecule has 0 amide bonds. The van der Waals surface area contributed by atoms with Crippen molar-refractivity contribution in [3.8, 4) is 0 Å². The Labute approximate surface area is 111 Å². The van der Waals surface area contributed by atoms with Gasteiger partial charge in [0, 0.05) is 25.2 Å². The Morgan fingerprint density at radius 3 is 2.94 bits per heavy atom. The third-order valence-corrected chi connectivity index (χ3v) is 3.89. The van der Waals surface area contributed by atoms with E-state index in [0.29, 0.717) is 18.2 Å². The Bertz CT molecular complexity index is 214. The Hall–Kier alpha value is -0.160. The van der Waals surface area contributed by atoms with E-state index in [4.69, 9.17) is 9.47 Å². The molecule has 1 aliphatic heterocycles. The average molecular weight is 256 g/mol. The summed E-state index contributed by atoms with van der Waals surface area (Å²) in [6.45, 7) is 6.75. The molecule has 2 fully saturated rings. The van der Waals surface area contributed by atoms with Crippen molar-refractivity contribution in [2.24, 2.45) is 0 Å². The Kier molecular flexibility index (Phi) is 6.41. The molecule has 4 nitrogen and oxygen atoms in total. The van der Waals surface area contributed by atoms with Gasteiger partial charge in [0.15, 0.2) is 0 Å². The minimum Gasteiger partial charge on any atom is -0.379 e. The predicted octanol–water partition coefficient (Wildman–Crippen LogP) is 1.30. The fourth-order valence-electron chi connectivity index (χ4n) is 2.87. The van der Waals surface area contributed by atoms with Crippen LogP contribution < -0.4 is 10.6 Å². The molecule has 0 aromatic rings. The zero-order chi connectivity index (χ0) is 12.6. The van der Waals surface area contributed by atoms with Crippen LogP contribution in [0.15, 0.2) is 0 Å². The first-order valence-corrected chi connectivity index (χ1v) is 7.50. The van der Waals surface area contributed by atoms with Gasteiger partial charge in [0.05, 0.1) is 25.9 Å². The van der Waals surface area contributed by atoms with Crippen molar-refractivity contribution >= 4 is 0 Å². The average Bonchev–Trinajstić information content (AvgIpc) is 2.89. The molecule has 1 aliphatic carbocycles. The van der Waals surface area contributed by atoms with Gasteiger partial charge < -0.3 is 20.1 Å². The van der Waals surface area contributed by atoms with Crippen LogP contribution in [-0.2, 0) is 9.47 Å². The summed E-state index contributed by atoms with van der Waals surface area (Å²) in [6.07, 6.45) is 6.89. The second kappa shape index (κ2) is 8.10. The van der Waals surface area contributed by atoms with Gasteiger partial charge in [-0.25, -0.2) is 0 Å². The summed E-state index contributed by atoms with van der Waals surface area (Å²) in [5.41, 5.74) is 0. The van der Waals surface area contributed by atoms with E-state index in [2.05, 4.69) is 17.6 Å². The molecular weight excluding hydrogens is 228 g/mol. The third kappa shape index (κ3) is 5.22. The number of nitrogens with one attached hydrogen (secondary N) is 2. The molecule has 4 heteroatoms. The zero-order valence-electron chi connectivity index (χ0n) is 11.6. The van der Waals surface area contributed by atoms with Gasteiger partial charge in [-0.15, -0.1) is 0 Å². The summed E-state index contributed by atoms with van der Waals surface area (Å²) in [7, 11) is 0. The maximum absolute atomic E-state index is 5.84. The van der Waals surface area contributed by atoms with Crippen LogP contribution in [0.1, 0.15) is 39.0 Å². The van der Waals surface area contributed by atoms with E-state index in [1.54, 1.807) is 0 Å². The number of morpholine rings is 1. The predicted molar refractivity (Wildman–Crippen MR) is 72.9 cm³/mol. The minimum absolute atomic E-state index is 0.511. The highest BCUT2D eigenvalue weighted by atomic mass is 16.5. The Balaban J connectivity index is 1.47. The van der Waals surface area contributed by atoms with Gasteiger partial charge in [-0.05, 0) is 26.2 Å². The van der Waals surface area contributed by atoms with E-state index in [1.807, 2.05) is 0 Å². The van der Waals surface area contributed by atoms with Gasteiger partial charge in [-0.2, -0.15) is 0 Å². The molecule has 2 unspecified atom stereocenters. The molecule has 1 saturated heterocycles. The van der Waals surface area contributed by atoms with Crippen LogP contribution in [-0.4, -0.2) is 51.1 Å². The summed E-state index contributed by atoms with van der Waals surface area (Å²) in [5, 5.41) is 7.02. The van der Waals surface area contributed by atoms with E-state index in [1.165, 1.54) is 25.7 Å². The molecule has 2 atom stereocenters. The van der Waals surface area contributed by atoms with Crippen LogP contribution in [0.4, 0.5) is 0 Å². The Morgan fingerprint density at radius 2 is 2.22 bits per heavy atom. The van der Waals surface area contributed by atoms with Crippen molar-refractivity contribution in [3.05, 3.63) is 0 Å². The SMILES string of the molecule is CC(CC1COCCN1)NCCOC1CCCC1. The van der Waals surface area contributed by atoms with Crippen molar-refractivity contribution in [2.75, 3.05) is 32.9 Å². The van der Waals surface area contributed by atoms with Crippen LogP contribution in [0.3, 0.4) is 0 Å². The minimum atomic E-state index is 0.511. The molecule has 0 bridgehead atoms. The molecule has 0 radical (unpaired) electrons. The lowest BCUT2D eigenvalue weighted by Crippen LogP contribution is -2.45. The van der Waals surface area contributed by atoms with Gasteiger partial charge in [0.2, 0.25) is 0 Å². The first kappa shape index (κ1) is 14.3.